The molecule has 0 saturated heterocycles. The molecule has 2 aromatic rings. The Kier molecular flexibility index (Phi) is 8.73. The molecule has 1 aliphatic carbocycles. The smallest absolute Gasteiger partial charge is 0.474 e. The quantitative estimate of drug-likeness (QED) is 0.408. The van der Waals surface area contributed by atoms with Gasteiger partial charge in [-0.05, 0) is 68.5 Å². The van der Waals surface area contributed by atoms with E-state index < -0.39 is 18.2 Å². The summed E-state index contributed by atoms with van der Waals surface area (Å²) in [6.45, 7) is -0.148. The summed E-state index contributed by atoms with van der Waals surface area (Å²) < 4.78 is 46.8. The van der Waals surface area contributed by atoms with E-state index in [1.165, 1.54) is 29.3 Å². The third-order valence-electron chi connectivity index (χ3n) is 5.88. The molecule has 3 amide bonds. The molecule has 0 radical (unpaired) electrons. The molecule has 2 atom stereocenters. The minimum Gasteiger partial charge on any atom is -0.474 e. The lowest BCUT2D eigenvalue weighted by Gasteiger charge is -2.28. The second kappa shape index (κ2) is 11.7. The highest BCUT2D eigenvalue weighted by Gasteiger charge is 2.31. The molecule has 3 rings (SSSR count). The van der Waals surface area contributed by atoms with Crippen molar-refractivity contribution in [1.29, 1.82) is 0 Å². The molecular formula is C24H27F3N4O5. The summed E-state index contributed by atoms with van der Waals surface area (Å²) in [6.07, 6.45) is -0.0873. The van der Waals surface area contributed by atoms with Crippen molar-refractivity contribution in [2.75, 3.05) is 18.5 Å². The zero-order valence-corrected chi connectivity index (χ0v) is 19.6. The Balaban J connectivity index is 1.58. The molecule has 2 N–H and O–H groups in total. The number of rotatable bonds is 9. The Hall–Kier alpha value is -3.83. The fraction of sp³-hybridized carbons (Fsp3) is 0.417. The summed E-state index contributed by atoms with van der Waals surface area (Å²) in [6, 6.07) is 7.88. The van der Waals surface area contributed by atoms with Crippen LogP contribution >= 0.6 is 0 Å². The maximum atomic E-state index is 12.9. The first-order chi connectivity index (χ1) is 17.1. The Morgan fingerprint density at radius 3 is 2.50 bits per heavy atom. The van der Waals surface area contributed by atoms with Gasteiger partial charge in [-0.2, -0.15) is 0 Å². The zero-order chi connectivity index (χ0) is 26.3. The summed E-state index contributed by atoms with van der Waals surface area (Å²) in [5.41, 5.74) is 6.05. The molecule has 0 unspecified atom stereocenters. The van der Waals surface area contributed by atoms with Crippen molar-refractivity contribution in [2.24, 2.45) is 5.73 Å². The molecule has 1 aromatic heterocycles. The van der Waals surface area contributed by atoms with Crippen LogP contribution in [0.3, 0.4) is 0 Å². The first-order valence-corrected chi connectivity index (χ1v) is 11.3. The minimum atomic E-state index is -4.79. The highest BCUT2D eigenvalue weighted by atomic mass is 19.4. The van der Waals surface area contributed by atoms with Crippen LogP contribution in [0.15, 0.2) is 42.6 Å². The standard InChI is InChI=1S/C24H27F3N4O5/c1-30(16-7-11-19(12-8-16)36-24(25,26)27)14-21(33)31(15-32)17-4-2-5-18(10-9-17)35-23-20(22(28)34)6-3-13-29-23/h3,6-8,11-13,15,17-18H,2,4-5,9-10,14H2,1H3,(H2,28,34)/t17-,18-/m0/s1. The number of aromatic nitrogens is 1. The van der Waals surface area contributed by atoms with Crippen molar-refractivity contribution < 1.29 is 37.0 Å². The van der Waals surface area contributed by atoms with Crippen molar-refractivity contribution in [3.8, 4) is 11.6 Å². The van der Waals surface area contributed by atoms with Gasteiger partial charge in [-0.15, -0.1) is 13.2 Å². The Morgan fingerprint density at radius 2 is 1.86 bits per heavy atom. The van der Waals surface area contributed by atoms with Crippen molar-refractivity contribution in [1.82, 2.24) is 9.88 Å². The van der Waals surface area contributed by atoms with Crippen molar-refractivity contribution in [3.63, 3.8) is 0 Å². The predicted octanol–water partition coefficient (Wildman–Crippen LogP) is 3.28. The Labute approximate surface area is 206 Å². The van der Waals surface area contributed by atoms with E-state index in [2.05, 4.69) is 9.72 Å². The number of hydrogen-bond acceptors (Lipinski definition) is 7. The van der Waals surface area contributed by atoms with E-state index in [0.717, 1.165) is 17.0 Å². The number of ether oxygens (including phenoxy) is 2. The third-order valence-corrected chi connectivity index (χ3v) is 5.88. The summed E-state index contributed by atoms with van der Waals surface area (Å²) in [5, 5.41) is 0. The number of alkyl halides is 3. The fourth-order valence-electron chi connectivity index (χ4n) is 4.10. The van der Waals surface area contributed by atoms with Gasteiger partial charge in [0.15, 0.2) is 0 Å². The van der Waals surface area contributed by atoms with Crippen LogP contribution in [0.25, 0.3) is 0 Å². The van der Waals surface area contributed by atoms with Gasteiger partial charge in [0.05, 0.1) is 6.54 Å². The number of nitrogens with zero attached hydrogens (tertiary/aromatic N) is 3. The minimum absolute atomic E-state index is 0.148. The normalized spacial score (nSPS) is 18.0. The van der Waals surface area contributed by atoms with E-state index in [1.54, 1.807) is 13.1 Å². The Morgan fingerprint density at radius 1 is 1.14 bits per heavy atom. The average Bonchev–Trinajstić information content (AvgIpc) is 3.04. The molecule has 1 heterocycles. The van der Waals surface area contributed by atoms with Gasteiger partial charge in [0.1, 0.15) is 17.4 Å². The number of carbonyl (C=O) groups is 3. The molecule has 9 nitrogen and oxygen atoms in total. The van der Waals surface area contributed by atoms with E-state index in [4.69, 9.17) is 10.5 Å². The van der Waals surface area contributed by atoms with Crippen LogP contribution in [0.2, 0.25) is 0 Å². The average molecular weight is 508 g/mol. The highest BCUT2D eigenvalue weighted by molar-refractivity contribution is 5.95. The van der Waals surface area contributed by atoms with Crippen LogP contribution in [-0.4, -0.2) is 60.2 Å². The number of imide groups is 1. The molecule has 0 bridgehead atoms. The van der Waals surface area contributed by atoms with Crippen LogP contribution in [-0.2, 0) is 9.59 Å². The van der Waals surface area contributed by atoms with E-state index >= 15 is 0 Å². The van der Waals surface area contributed by atoms with Crippen LogP contribution in [0.5, 0.6) is 11.6 Å². The molecule has 1 aromatic carbocycles. The van der Waals surface area contributed by atoms with Crippen molar-refractivity contribution in [3.05, 3.63) is 48.2 Å². The molecular weight excluding hydrogens is 481 g/mol. The molecule has 36 heavy (non-hydrogen) atoms. The molecule has 1 saturated carbocycles. The van der Waals surface area contributed by atoms with Crippen LogP contribution in [0.4, 0.5) is 18.9 Å². The maximum Gasteiger partial charge on any atom is 0.573 e. The SMILES string of the molecule is CN(CC(=O)N(C=O)[C@H]1CCC[C@H](Oc2ncccc2C(N)=O)CC1)c1ccc(OC(F)(F)F)cc1. The molecule has 0 spiro atoms. The van der Waals surface area contributed by atoms with E-state index in [-0.39, 0.29) is 35.9 Å². The van der Waals surface area contributed by atoms with Gasteiger partial charge in [-0.3, -0.25) is 19.3 Å². The van der Waals surface area contributed by atoms with Crippen LogP contribution < -0.4 is 20.1 Å². The van der Waals surface area contributed by atoms with Crippen LogP contribution in [0.1, 0.15) is 42.5 Å². The second-order valence-electron chi connectivity index (χ2n) is 8.43. The van der Waals surface area contributed by atoms with Gasteiger partial charge in [0.25, 0.3) is 5.91 Å². The molecule has 194 valence electrons. The number of primary amides is 1. The highest BCUT2D eigenvalue weighted by Crippen LogP contribution is 2.27. The number of pyridine rings is 1. The van der Waals surface area contributed by atoms with Gasteiger partial charge in [0.2, 0.25) is 18.2 Å². The number of anilines is 1. The van der Waals surface area contributed by atoms with Gasteiger partial charge in [0, 0.05) is 25.0 Å². The topological polar surface area (TPSA) is 115 Å². The number of likely N-dealkylation sites (N-methyl/N-ethyl adjacent to an activating group) is 1. The first-order valence-electron chi connectivity index (χ1n) is 11.3. The van der Waals surface area contributed by atoms with E-state index in [9.17, 15) is 27.6 Å². The number of benzene rings is 1. The first kappa shape index (κ1) is 26.8. The third kappa shape index (κ3) is 7.33. The number of amides is 3. The number of halogens is 3. The maximum absolute atomic E-state index is 12.9. The molecule has 1 fully saturated rings. The van der Waals surface area contributed by atoms with Gasteiger partial charge >= 0.3 is 6.36 Å². The van der Waals surface area contributed by atoms with Crippen LogP contribution in [0, 0.1) is 0 Å². The summed E-state index contributed by atoms with van der Waals surface area (Å²) in [4.78, 5) is 43.1. The lowest BCUT2D eigenvalue weighted by Crippen LogP contribution is -2.44. The molecule has 12 heteroatoms. The van der Waals surface area contributed by atoms with E-state index in [0.29, 0.717) is 44.2 Å². The summed E-state index contributed by atoms with van der Waals surface area (Å²) in [5.74, 6) is -1.29. The van der Waals surface area contributed by atoms with Crippen molar-refractivity contribution >= 4 is 23.9 Å². The number of nitrogens with two attached hydrogens (primary N) is 1. The van der Waals surface area contributed by atoms with E-state index in [1.807, 2.05) is 0 Å². The second-order valence-corrected chi connectivity index (χ2v) is 8.43. The van der Waals surface area contributed by atoms with Crippen molar-refractivity contribution in [2.45, 2.75) is 50.6 Å². The predicted molar refractivity (Wildman–Crippen MR) is 123 cm³/mol. The fourth-order valence-corrected chi connectivity index (χ4v) is 4.10. The largest absolute Gasteiger partial charge is 0.573 e. The number of hydrogen-bond donors (Lipinski definition) is 1. The van der Waals surface area contributed by atoms with Gasteiger partial charge < -0.3 is 20.1 Å². The zero-order valence-electron chi connectivity index (χ0n) is 19.6. The monoisotopic (exact) mass is 508 g/mol. The number of carbonyl (C=O) groups excluding carboxylic acids is 3. The molecule has 0 aliphatic heterocycles. The molecule has 1 aliphatic rings. The summed E-state index contributed by atoms with van der Waals surface area (Å²) in [7, 11) is 1.60. The lowest BCUT2D eigenvalue weighted by molar-refractivity contribution is -0.274. The Bertz CT molecular complexity index is 1060. The van der Waals surface area contributed by atoms with Gasteiger partial charge in [-0.25, -0.2) is 4.98 Å². The summed E-state index contributed by atoms with van der Waals surface area (Å²) >= 11 is 0. The van der Waals surface area contributed by atoms with Gasteiger partial charge in [-0.1, -0.05) is 0 Å². The lowest BCUT2D eigenvalue weighted by atomic mass is 10.1.